The van der Waals surface area contributed by atoms with Crippen LogP contribution >= 0.6 is 0 Å². The smallest absolute Gasteiger partial charge is 0.303 e. The van der Waals surface area contributed by atoms with Gasteiger partial charge in [-0.3, -0.25) is 9.59 Å². The van der Waals surface area contributed by atoms with Gasteiger partial charge in [0.25, 0.3) is 0 Å². The molecule has 128 valence electrons. The Labute approximate surface area is 144 Å². The summed E-state index contributed by atoms with van der Waals surface area (Å²) < 4.78 is 14.2. The number of aliphatic carboxylic acids is 1. The maximum atomic E-state index is 14.2. The van der Waals surface area contributed by atoms with Crippen molar-refractivity contribution in [1.29, 1.82) is 0 Å². The van der Waals surface area contributed by atoms with Crippen LogP contribution in [0.15, 0.2) is 59.7 Å². The maximum Gasteiger partial charge on any atom is 0.303 e. The monoisotopic (exact) mass is 340 g/mol. The van der Waals surface area contributed by atoms with E-state index in [0.29, 0.717) is 17.7 Å². The summed E-state index contributed by atoms with van der Waals surface area (Å²) in [5.41, 5.74) is 1.91. The van der Waals surface area contributed by atoms with E-state index in [1.54, 1.807) is 18.2 Å². The van der Waals surface area contributed by atoms with Crippen molar-refractivity contribution in [2.45, 2.75) is 25.3 Å². The Hall–Kier alpha value is -3.02. The zero-order valence-corrected chi connectivity index (χ0v) is 13.4. The van der Waals surface area contributed by atoms with E-state index in [2.05, 4.69) is 5.10 Å². The number of hydrogen-bond donors (Lipinski definition) is 1. The maximum absolute atomic E-state index is 14.2. The molecule has 0 saturated carbocycles. The van der Waals surface area contributed by atoms with Crippen LogP contribution < -0.4 is 0 Å². The van der Waals surface area contributed by atoms with Crippen molar-refractivity contribution in [1.82, 2.24) is 5.01 Å². The van der Waals surface area contributed by atoms with E-state index in [-0.39, 0.29) is 12.8 Å². The molecule has 1 atom stereocenters. The number of hydrazone groups is 1. The van der Waals surface area contributed by atoms with Gasteiger partial charge in [-0.05, 0) is 11.6 Å². The highest BCUT2D eigenvalue weighted by Gasteiger charge is 2.34. The van der Waals surface area contributed by atoms with Crippen molar-refractivity contribution in [2.24, 2.45) is 5.10 Å². The van der Waals surface area contributed by atoms with Gasteiger partial charge in [-0.15, -0.1) is 0 Å². The van der Waals surface area contributed by atoms with Gasteiger partial charge in [0.15, 0.2) is 0 Å². The molecule has 0 aromatic heterocycles. The average Bonchev–Trinajstić information content (AvgIpc) is 3.06. The standard InChI is InChI=1S/C19H17FN2O3/c20-15-9-5-4-8-14(15)17-12-16(13-6-2-1-3-7-13)21-22(17)18(23)10-11-19(24)25/h1-9,17H,10-12H2,(H,24,25)/t17-/m0/s1. The molecular weight excluding hydrogens is 323 g/mol. The fraction of sp³-hybridized carbons (Fsp3) is 0.211. The lowest BCUT2D eigenvalue weighted by molar-refractivity contribution is -0.141. The highest BCUT2D eigenvalue weighted by Crippen LogP contribution is 2.34. The van der Waals surface area contributed by atoms with Crippen LogP contribution in [0, 0.1) is 5.82 Å². The summed E-state index contributed by atoms with van der Waals surface area (Å²) >= 11 is 0. The molecule has 5 nitrogen and oxygen atoms in total. The largest absolute Gasteiger partial charge is 0.481 e. The molecule has 2 aromatic carbocycles. The molecule has 3 rings (SSSR count). The number of carbonyl (C=O) groups is 2. The first-order valence-electron chi connectivity index (χ1n) is 7.97. The molecule has 0 saturated heterocycles. The fourth-order valence-electron chi connectivity index (χ4n) is 2.86. The number of carboxylic acid groups (broad SMARTS) is 1. The number of halogens is 1. The highest BCUT2D eigenvalue weighted by molar-refractivity contribution is 6.03. The van der Waals surface area contributed by atoms with Gasteiger partial charge in [0.2, 0.25) is 5.91 Å². The Balaban J connectivity index is 1.92. The van der Waals surface area contributed by atoms with Gasteiger partial charge in [0.1, 0.15) is 5.82 Å². The van der Waals surface area contributed by atoms with Crippen LogP contribution in [-0.4, -0.2) is 27.7 Å². The minimum atomic E-state index is -1.05. The molecular formula is C19H17FN2O3. The molecule has 25 heavy (non-hydrogen) atoms. The zero-order valence-electron chi connectivity index (χ0n) is 13.4. The van der Waals surface area contributed by atoms with E-state index in [1.807, 2.05) is 30.3 Å². The average molecular weight is 340 g/mol. The molecule has 1 aliphatic heterocycles. The number of carboxylic acids is 1. The number of hydrogen-bond acceptors (Lipinski definition) is 3. The van der Waals surface area contributed by atoms with E-state index in [9.17, 15) is 14.0 Å². The summed E-state index contributed by atoms with van der Waals surface area (Å²) in [5.74, 6) is -1.89. The summed E-state index contributed by atoms with van der Waals surface area (Å²) in [7, 11) is 0. The predicted octanol–water partition coefficient (Wildman–Crippen LogP) is 3.37. The van der Waals surface area contributed by atoms with Crippen molar-refractivity contribution in [3.63, 3.8) is 0 Å². The molecule has 1 amide bonds. The van der Waals surface area contributed by atoms with Crippen LogP contribution in [0.1, 0.15) is 36.4 Å². The molecule has 0 radical (unpaired) electrons. The number of benzene rings is 2. The molecule has 0 unspecified atom stereocenters. The van der Waals surface area contributed by atoms with Crippen LogP contribution in [0.25, 0.3) is 0 Å². The second-order valence-corrected chi connectivity index (χ2v) is 5.79. The second kappa shape index (κ2) is 7.25. The molecule has 6 heteroatoms. The quantitative estimate of drug-likeness (QED) is 0.907. The number of rotatable bonds is 5. The summed E-state index contributed by atoms with van der Waals surface area (Å²) in [6.07, 6.45) is -0.0782. The zero-order chi connectivity index (χ0) is 17.8. The van der Waals surface area contributed by atoms with Gasteiger partial charge in [0.05, 0.1) is 18.2 Å². The summed E-state index contributed by atoms with van der Waals surface area (Å²) in [6.45, 7) is 0. The first-order chi connectivity index (χ1) is 12.1. The third kappa shape index (κ3) is 3.74. The normalized spacial score (nSPS) is 16.6. The lowest BCUT2D eigenvalue weighted by Gasteiger charge is -2.22. The topological polar surface area (TPSA) is 70.0 Å². The third-order valence-electron chi connectivity index (χ3n) is 4.09. The van der Waals surface area contributed by atoms with E-state index in [1.165, 1.54) is 11.1 Å². The Morgan fingerprint density at radius 2 is 1.76 bits per heavy atom. The minimum Gasteiger partial charge on any atom is -0.481 e. The molecule has 1 aliphatic rings. The molecule has 0 spiro atoms. The van der Waals surface area contributed by atoms with Gasteiger partial charge >= 0.3 is 5.97 Å². The summed E-state index contributed by atoms with van der Waals surface area (Å²) in [5, 5.41) is 14.4. The van der Waals surface area contributed by atoms with Crippen molar-refractivity contribution in [3.05, 3.63) is 71.5 Å². The van der Waals surface area contributed by atoms with Crippen molar-refractivity contribution >= 4 is 17.6 Å². The predicted molar refractivity (Wildman–Crippen MR) is 90.5 cm³/mol. The Bertz CT molecular complexity index is 820. The van der Waals surface area contributed by atoms with Gasteiger partial charge < -0.3 is 5.11 Å². The van der Waals surface area contributed by atoms with Gasteiger partial charge in [0, 0.05) is 18.4 Å². The molecule has 1 N–H and O–H groups in total. The SMILES string of the molecule is O=C(O)CCC(=O)N1N=C(c2ccccc2)C[C@H]1c1ccccc1F. The van der Waals surface area contributed by atoms with Gasteiger partial charge in [-0.1, -0.05) is 48.5 Å². The first kappa shape index (κ1) is 16.8. The lowest BCUT2D eigenvalue weighted by Crippen LogP contribution is -2.28. The van der Waals surface area contributed by atoms with E-state index in [0.717, 1.165) is 5.56 Å². The molecule has 0 bridgehead atoms. The number of nitrogens with zero attached hydrogens (tertiary/aromatic N) is 2. The van der Waals surface area contributed by atoms with Crippen LogP contribution in [-0.2, 0) is 9.59 Å². The molecule has 0 aliphatic carbocycles. The van der Waals surface area contributed by atoms with E-state index in [4.69, 9.17) is 5.11 Å². The minimum absolute atomic E-state index is 0.175. The lowest BCUT2D eigenvalue weighted by atomic mass is 9.98. The van der Waals surface area contributed by atoms with Crippen molar-refractivity contribution in [2.75, 3.05) is 0 Å². The molecule has 2 aromatic rings. The van der Waals surface area contributed by atoms with Crippen LogP contribution in [0.3, 0.4) is 0 Å². The first-order valence-corrected chi connectivity index (χ1v) is 7.97. The van der Waals surface area contributed by atoms with Crippen LogP contribution in [0.5, 0.6) is 0 Å². The number of amides is 1. The van der Waals surface area contributed by atoms with Crippen molar-refractivity contribution in [3.8, 4) is 0 Å². The van der Waals surface area contributed by atoms with E-state index < -0.39 is 23.7 Å². The van der Waals surface area contributed by atoms with Crippen LogP contribution in [0.4, 0.5) is 4.39 Å². The number of carbonyl (C=O) groups excluding carboxylic acids is 1. The molecule has 1 heterocycles. The second-order valence-electron chi connectivity index (χ2n) is 5.79. The summed E-state index contributed by atoms with van der Waals surface area (Å²) in [6, 6.07) is 15.1. The van der Waals surface area contributed by atoms with Gasteiger partial charge in [-0.25, -0.2) is 9.40 Å². The summed E-state index contributed by atoms with van der Waals surface area (Å²) in [4.78, 5) is 23.2. The Kier molecular flexibility index (Phi) is 4.88. The highest BCUT2D eigenvalue weighted by atomic mass is 19.1. The fourth-order valence-corrected chi connectivity index (χ4v) is 2.86. The van der Waals surface area contributed by atoms with Gasteiger partial charge in [-0.2, -0.15) is 5.10 Å². The van der Waals surface area contributed by atoms with Crippen LogP contribution in [0.2, 0.25) is 0 Å². The third-order valence-corrected chi connectivity index (χ3v) is 4.09. The molecule has 0 fully saturated rings. The Morgan fingerprint density at radius 1 is 1.08 bits per heavy atom. The Morgan fingerprint density at radius 3 is 2.44 bits per heavy atom. The van der Waals surface area contributed by atoms with E-state index >= 15 is 0 Å². The van der Waals surface area contributed by atoms with Crippen molar-refractivity contribution < 1.29 is 19.1 Å².